The van der Waals surface area contributed by atoms with Gasteiger partial charge in [-0.25, -0.2) is 0 Å². The van der Waals surface area contributed by atoms with Crippen LogP contribution in [0.1, 0.15) is 47.0 Å². The molecule has 1 saturated heterocycles. The van der Waals surface area contributed by atoms with E-state index >= 15 is 0 Å². The van der Waals surface area contributed by atoms with Crippen molar-refractivity contribution >= 4 is 17.8 Å². The molecule has 2 rings (SSSR count). The first-order chi connectivity index (χ1) is 13.4. The summed E-state index contributed by atoms with van der Waals surface area (Å²) >= 11 is 0. The molecule has 2 amide bonds. The molecular formula is C21H34N2O5. The number of nitrogens with zero attached hydrogens (tertiary/aromatic N) is 1. The molecule has 0 unspecified atom stereocenters. The SMILES string of the molecule is CCCCNC(=O)[C@@H]1[C@H]2C=C[C@@H](CC)[C@@H](C(=O)OCC)[C@H]2C(=O)N1[C@H](C)CO. The van der Waals surface area contributed by atoms with Crippen LogP contribution >= 0.6 is 0 Å². The number of carbonyl (C=O) groups is 3. The third-order valence-electron chi connectivity index (χ3n) is 5.91. The van der Waals surface area contributed by atoms with Crippen molar-refractivity contribution in [3.63, 3.8) is 0 Å². The summed E-state index contributed by atoms with van der Waals surface area (Å²) < 4.78 is 5.27. The number of ether oxygens (including phenoxy) is 1. The van der Waals surface area contributed by atoms with Gasteiger partial charge in [0.25, 0.3) is 0 Å². The number of likely N-dealkylation sites (tertiary alicyclic amines) is 1. The van der Waals surface area contributed by atoms with Crippen molar-refractivity contribution in [1.82, 2.24) is 10.2 Å². The molecule has 0 radical (unpaired) electrons. The molecule has 0 aromatic carbocycles. The smallest absolute Gasteiger partial charge is 0.310 e. The van der Waals surface area contributed by atoms with Gasteiger partial charge >= 0.3 is 5.97 Å². The maximum Gasteiger partial charge on any atom is 0.310 e. The highest BCUT2D eigenvalue weighted by molar-refractivity contribution is 5.96. The second-order valence-electron chi connectivity index (χ2n) is 7.70. The molecule has 0 bridgehead atoms. The first-order valence-corrected chi connectivity index (χ1v) is 10.5. The van der Waals surface area contributed by atoms with Gasteiger partial charge in [0.05, 0.1) is 31.1 Å². The lowest BCUT2D eigenvalue weighted by atomic mass is 9.69. The first kappa shape index (κ1) is 22.4. The maximum absolute atomic E-state index is 13.4. The molecular weight excluding hydrogens is 360 g/mol. The third kappa shape index (κ3) is 4.24. The Hall–Kier alpha value is -1.89. The summed E-state index contributed by atoms with van der Waals surface area (Å²) in [5.41, 5.74) is 0. The Morgan fingerprint density at radius 3 is 2.57 bits per heavy atom. The van der Waals surface area contributed by atoms with Crippen LogP contribution in [0.25, 0.3) is 0 Å². The van der Waals surface area contributed by atoms with Crippen molar-refractivity contribution in [1.29, 1.82) is 0 Å². The molecule has 7 heteroatoms. The molecule has 158 valence electrons. The van der Waals surface area contributed by atoms with Crippen LogP contribution in [0, 0.1) is 23.7 Å². The van der Waals surface area contributed by atoms with Crippen molar-refractivity contribution in [3.8, 4) is 0 Å². The molecule has 1 aliphatic carbocycles. The second kappa shape index (κ2) is 10.0. The van der Waals surface area contributed by atoms with E-state index in [1.165, 1.54) is 4.90 Å². The van der Waals surface area contributed by atoms with Crippen molar-refractivity contribution in [2.45, 2.75) is 59.0 Å². The topological polar surface area (TPSA) is 95.9 Å². The number of aliphatic hydroxyl groups excluding tert-OH is 1. The van der Waals surface area contributed by atoms with E-state index in [0.29, 0.717) is 13.0 Å². The van der Waals surface area contributed by atoms with E-state index < -0.39 is 29.8 Å². The van der Waals surface area contributed by atoms with Gasteiger partial charge in [0, 0.05) is 12.5 Å². The van der Waals surface area contributed by atoms with Crippen LogP contribution in [0.4, 0.5) is 0 Å². The van der Waals surface area contributed by atoms with E-state index in [1.54, 1.807) is 13.8 Å². The standard InChI is InChI=1S/C21H34N2O5/c1-5-8-11-22-19(25)18-15-10-9-14(6-2)16(21(27)28-7-3)17(15)20(26)23(18)13(4)12-24/h9-10,13-18,24H,5-8,11-12H2,1-4H3,(H,22,25)/t13-,14-,15+,16-,17+,18+/m1/s1. The van der Waals surface area contributed by atoms with Gasteiger partial charge in [-0.15, -0.1) is 0 Å². The number of esters is 1. The molecule has 0 spiro atoms. The minimum Gasteiger partial charge on any atom is -0.466 e. The number of aliphatic hydroxyl groups is 1. The molecule has 6 atom stereocenters. The van der Waals surface area contributed by atoms with Gasteiger partial charge in [0.2, 0.25) is 11.8 Å². The van der Waals surface area contributed by atoms with Crippen LogP contribution < -0.4 is 5.32 Å². The summed E-state index contributed by atoms with van der Waals surface area (Å²) in [5.74, 6) is -2.59. The predicted molar refractivity (Wildman–Crippen MR) is 105 cm³/mol. The summed E-state index contributed by atoms with van der Waals surface area (Å²) in [7, 11) is 0. The summed E-state index contributed by atoms with van der Waals surface area (Å²) in [5, 5.41) is 12.6. The molecule has 1 aliphatic heterocycles. The van der Waals surface area contributed by atoms with Gasteiger partial charge < -0.3 is 20.1 Å². The molecule has 1 heterocycles. The monoisotopic (exact) mass is 394 g/mol. The van der Waals surface area contributed by atoms with Crippen molar-refractivity contribution in [2.24, 2.45) is 23.7 Å². The molecule has 2 N–H and O–H groups in total. The zero-order valence-corrected chi connectivity index (χ0v) is 17.4. The van der Waals surface area contributed by atoms with Gasteiger partial charge in [-0.2, -0.15) is 0 Å². The number of unbranched alkanes of at least 4 members (excludes halogenated alkanes) is 1. The minimum absolute atomic E-state index is 0.0996. The summed E-state index contributed by atoms with van der Waals surface area (Å²) in [6, 6.07) is -1.22. The third-order valence-corrected chi connectivity index (χ3v) is 5.91. The van der Waals surface area contributed by atoms with E-state index in [1.807, 2.05) is 26.0 Å². The number of hydrogen-bond donors (Lipinski definition) is 2. The van der Waals surface area contributed by atoms with Gasteiger partial charge in [-0.05, 0) is 32.6 Å². The summed E-state index contributed by atoms with van der Waals surface area (Å²) in [6.45, 7) is 8.04. The van der Waals surface area contributed by atoms with Crippen LogP contribution in [0.15, 0.2) is 12.2 Å². The molecule has 7 nitrogen and oxygen atoms in total. The molecule has 0 saturated carbocycles. The van der Waals surface area contributed by atoms with E-state index in [-0.39, 0.29) is 36.9 Å². The number of carbonyl (C=O) groups excluding carboxylic acids is 3. The normalized spacial score (nSPS) is 30.1. The van der Waals surface area contributed by atoms with Crippen molar-refractivity contribution in [3.05, 3.63) is 12.2 Å². The van der Waals surface area contributed by atoms with Crippen LogP contribution in [-0.2, 0) is 19.1 Å². The van der Waals surface area contributed by atoms with E-state index in [9.17, 15) is 19.5 Å². The Morgan fingerprint density at radius 2 is 2.00 bits per heavy atom. The first-order valence-electron chi connectivity index (χ1n) is 10.5. The highest BCUT2D eigenvalue weighted by Gasteiger charge is 2.58. The average Bonchev–Trinajstić information content (AvgIpc) is 2.99. The number of rotatable bonds is 9. The maximum atomic E-state index is 13.4. The molecule has 2 aliphatic rings. The number of hydrogen-bond acceptors (Lipinski definition) is 5. The average molecular weight is 395 g/mol. The van der Waals surface area contributed by atoms with E-state index in [4.69, 9.17) is 4.74 Å². The van der Waals surface area contributed by atoms with E-state index in [2.05, 4.69) is 5.32 Å². The lowest BCUT2D eigenvalue weighted by molar-refractivity contribution is -0.156. The van der Waals surface area contributed by atoms with Crippen LogP contribution in [0.3, 0.4) is 0 Å². The molecule has 28 heavy (non-hydrogen) atoms. The Labute approximate surface area is 167 Å². The molecule has 0 aromatic heterocycles. The fourth-order valence-electron chi connectivity index (χ4n) is 4.45. The quantitative estimate of drug-likeness (QED) is 0.351. The number of allylic oxidation sites excluding steroid dienone is 1. The zero-order valence-electron chi connectivity index (χ0n) is 17.4. The van der Waals surface area contributed by atoms with Gasteiger partial charge in [-0.3, -0.25) is 14.4 Å². The van der Waals surface area contributed by atoms with Crippen LogP contribution in [-0.4, -0.2) is 59.6 Å². The zero-order chi connectivity index (χ0) is 20.8. The number of fused-ring (bicyclic) bond motifs is 1. The second-order valence-corrected chi connectivity index (χ2v) is 7.70. The lowest BCUT2D eigenvalue weighted by Gasteiger charge is -2.33. The Morgan fingerprint density at radius 1 is 1.29 bits per heavy atom. The number of nitrogens with one attached hydrogen (secondary N) is 1. The fourth-order valence-corrected chi connectivity index (χ4v) is 4.45. The highest BCUT2D eigenvalue weighted by atomic mass is 16.5. The lowest BCUT2D eigenvalue weighted by Crippen LogP contribution is -2.51. The van der Waals surface area contributed by atoms with Gasteiger partial charge in [0.1, 0.15) is 6.04 Å². The molecule has 1 fully saturated rings. The van der Waals surface area contributed by atoms with Gasteiger partial charge in [-0.1, -0.05) is 32.4 Å². The highest BCUT2D eigenvalue weighted by Crippen LogP contribution is 2.45. The predicted octanol–water partition coefficient (Wildman–Crippen LogP) is 1.50. The molecule has 0 aromatic rings. The Kier molecular flexibility index (Phi) is 8.04. The van der Waals surface area contributed by atoms with E-state index in [0.717, 1.165) is 12.8 Å². The number of amides is 2. The minimum atomic E-state index is -0.720. The summed E-state index contributed by atoms with van der Waals surface area (Å²) in [6.07, 6.45) is 6.39. The summed E-state index contributed by atoms with van der Waals surface area (Å²) in [4.78, 5) is 40.5. The van der Waals surface area contributed by atoms with Gasteiger partial charge in [0.15, 0.2) is 0 Å². The fraction of sp³-hybridized carbons (Fsp3) is 0.762. The largest absolute Gasteiger partial charge is 0.466 e. The Bertz CT molecular complexity index is 606. The van der Waals surface area contributed by atoms with Crippen LogP contribution in [0.5, 0.6) is 0 Å². The Balaban J connectivity index is 2.41. The van der Waals surface area contributed by atoms with Crippen molar-refractivity contribution < 1.29 is 24.2 Å². The van der Waals surface area contributed by atoms with Crippen molar-refractivity contribution in [2.75, 3.05) is 19.8 Å². The van der Waals surface area contributed by atoms with Crippen LogP contribution in [0.2, 0.25) is 0 Å².